The Bertz CT molecular complexity index is 409. The summed E-state index contributed by atoms with van der Waals surface area (Å²) in [4.78, 5) is 2.44. The fourth-order valence-electron chi connectivity index (χ4n) is 2.66. The molecule has 0 radical (unpaired) electrons. The van der Waals surface area contributed by atoms with Gasteiger partial charge in [-0.05, 0) is 31.0 Å². The molecule has 0 spiro atoms. The number of nitrogens with zero attached hydrogens (tertiary/aromatic N) is 1. The molecule has 2 rings (SSSR count). The summed E-state index contributed by atoms with van der Waals surface area (Å²) in [5, 5.41) is 0. The van der Waals surface area contributed by atoms with Crippen LogP contribution in [0.4, 0.5) is 0 Å². The Morgan fingerprint density at radius 3 is 2.89 bits per heavy atom. The quantitative estimate of drug-likeness (QED) is 0.880. The molecule has 0 amide bonds. The van der Waals surface area contributed by atoms with Crippen LogP contribution in [0.1, 0.15) is 24.0 Å². The summed E-state index contributed by atoms with van der Waals surface area (Å²) in [5.74, 6) is 0.889. The monoisotopic (exact) mass is 264 g/mol. The van der Waals surface area contributed by atoms with Crippen LogP contribution >= 0.6 is 0 Å². The van der Waals surface area contributed by atoms with Gasteiger partial charge in [0.05, 0.1) is 13.2 Å². The van der Waals surface area contributed by atoms with Gasteiger partial charge in [0, 0.05) is 32.3 Å². The number of ether oxygens (including phenoxy) is 2. The topological polar surface area (TPSA) is 47.7 Å². The van der Waals surface area contributed by atoms with E-state index >= 15 is 0 Å². The first kappa shape index (κ1) is 14.3. The van der Waals surface area contributed by atoms with E-state index in [1.165, 1.54) is 18.4 Å². The molecule has 1 heterocycles. The summed E-state index contributed by atoms with van der Waals surface area (Å²) in [6.45, 7) is 3.61. The lowest BCUT2D eigenvalue weighted by molar-refractivity contribution is 0.0285. The summed E-state index contributed by atoms with van der Waals surface area (Å²) in [6.07, 6.45) is 2.75. The van der Waals surface area contributed by atoms with Gasteiger partial charge in [0.1, 0.15) is 5.75 Å². The molecule has 19 heavy (non-hydrogen) atoms. The van der Waals surface area contributed by atoms with Crippen molar-refractivity contribution in [2.75, 3.05) is 27.3 Å². The van der Waals surface area contributed by atoms with E-state index in [1.54, 1.807) is 14.2 Å². The van der Waals surface area contributed by atoms with Gasteiger partial charge in [-0.15, -0.1) is 0 Å². The summed E-state index contributed by atoms with van der Waals surface area (Å²) in [6, 6.07) is 6.30. The van der Waals surface area contributed by atoms with Crippen LogP contribution in [-0.2, 0) is 17.8 Å². The van der Waals surface area contributed by atoms with E-state index in [-0.39, 0.29) is 0 Å². The minimum Gasteiger partial charge on any atom is -0.496 e. The summed E-state index contributed by atoms with van der Waals surface area (Å²) >= 11 is 0. The number of methoxy groups -OCH3 is 2. The third kappa shape index (κ3) is 3.69. The van der Waals surface area contributed by atoms with Crippen LogP contribution in [0.15, 0.2) is 18.2 Å². The number of benzene rings is 1. The lowest BCUT2D eigenvalue weighted by Crippen LogP contribution is -2.38. The molecule has 1 fully saturated rings. The molecule has 1 aromatic rings. The molecule has 0 aliphatic carbocycles. The van der Waals surface area contributed by atoms with Crippen molar-refractivity contribution in [2.45, 2.75) is 32.0 Å². The van der Waals surface area contributed by atoms with E-state index < -0.39 is 0 Å². The van der Waals surface area contributed by atoms with Crippen molar-refractivity contribution in [3.05, 3.63) is 29.3 Å². The van der Waals surface area contributed by atoms with E-state index in [1.807, 2.05) is 0 Å². The molecular formula is C15H24N2O2. The Hall–Kier alpha value is -1.10. The predicted molar refractivity (Wildman–Crippen MR) is 76.2 cm³/mol. The van der Waals surface area contributed by atoms with E-state index in [4.69, 9.17) is 15.2 Å². The zero-order valence-corrected chi connectivity index (χ0v) is 11.9. The van der Waals surface area contributed by atoms with Crippen LogP contribution in [0.3, 0.4) is 0 Å². The average molecular weight is 264 g/mol. The van der Waals surface area contributed by atoms with Gasteiger partial charge in [-0.25, -0.2) is 0 Å². The van der Waals surface area contributed by atoms with E-state index in [0.717, 1.165) is 30.9 Å². The first-order valence-electron chi connectivity index (χ1n) is 6.87. The maximum absolute atomic E-state index is 5.69. The van der Waals surface area contributed by atoms with Crippen molar-refractivity contribution >= 4 is 0 Å². The number of rotatable bonds is 5. The maximum atomic E-state index is 5.69. The fraction of sp³-hybridized carbons (Fsp3) is 0.600. The van der Waals surface area contributed by atoms with Crippen molar-refractivity contribution in [1.29, 1.82) is 0 Å². The molecular weight excluding hydrogens is 240 g/mol. The third-order valence-electron chi connectivity index (χ3n) is 3.77. The number of nitrogens with two attached hydrogens (primary N) is 1. The fourth-order valence-corrected chi connectivity index (χ4v) is 2.66. The van der Waals surface area contributed by atoms with Gasteiger partial charge in [-0.1, -0.05) is 12.1 Å². The van der Waals surface area contributed by atoms with Crippen molar-refractivity contribution in [2.24, 2.45) is 5.73 Å². The molecule has 1 aromatic carbocycles. The average Bonchev–Trinajstić information content (AvgIpc) is 2.47. The maximum Gasteiger partial charge on any atom is 0.123 e. The molecule has 4 nitrogen and oxygen atoms in total. The van der Waals surface area contributed by atoms with Gasteiger partial charge in [-0.3, -0.25) is 4.90 Å². The second kappa shape index (κ2) is 6.89. The van der Waals surface area contributed by atoms with Gasteiger partial charge >= 0.3 is 0 Å². The number of hydrogen-bond donors (Lipinski definition) is 1. The van der Waals surface area contributed by atoms with Crippen LogP contribution < -0.4 is 10.5 Å². The largest absolute Gasteiger partial charge is 0.496 e. The summed E-state index contributed by atoms with van der Waals surface area (Å²) in [7, 11) is 3.49. The second-order valence-corrected chi connectivity index (χ2v) is 5.09. The Balaban J connectivity index is 2.02. The van der Waals surface area contributed by atoms with Gasteiger partial charge in [0.25, 0.3) is 0 Å². The van der Waals surface area contributed by atoms with Crippen molar-refractivity contribution < 1.29 is 9.47 Å². The zero-order chi connectivity index (χ0) is 13.7. The minimum absolute atomic E-state index is 0.374. The lowest BCUT2D eigenvalue weighted by Gasteiger charge is -2.32. The molecule has 0 aromatic heterocycles. The Morgan fingerprint density at radius 2 is 2.21 bits per heavy atom. The first-order chi connectivity index (χ1) is 9.26. The van der Waals surface area contributed by atoms with E-state index in [2.05, 4.69) is 23.1 Å². The first-order valence-corrected chi connectivity index (χ1v) is 6.87. The Kier molecular flexibility index (Phi) is 5.19. The van der Waals surface area contributed by atoms with Crippen molar-refractivity contribution in [3.8, 4) is 5.75 Å². The standard InChI is InChI=1S/C15H24N2O2/c1-18-14-4-3-7-17(11-14)10-12-5-6-13(9-16)15(8-12)19-2/h5-6,8,14H,3-4,7,9-11,16H2,1-2H3. The number of likely N-dealkylation sites (tertiary alicyclic amines) is 1. The molecule has 1 unspecified atom stereocenters. The highest BCUT2D eigenvalue weighted by molar-refractivity contribution is 5.37. The molecule has 106 valence electrons. The van der Waals surface area contributed by atoms with Crippen LogP contribution in [-0.4, -0.2) is 38.3 Å². The SMILES string of the molecule is COc1cc(CN2CCCC(OC)C2)ccc1CN. The second-order valence-electron chi connectivity index (χ2n) is 5.09. The third-order valence-corrected chi connectivity index (χ3v) is 3.77. The van der Waals surface area contributed by atoms with Crippen LogP contribution in [0.2, 0.25) is 0 Å². The van der Waals surface area contributed by atoms with Crippen molar-refractivity contribution in [3.63, 3.8) is 0 Å². The highest BCUT2D eigenvalue weighted by Crippen LogP contribution is 2.22. The minimum atomic E-state index is 0.374. The summed E-state index contributed by atoms with van der Waals surface area (Å²) < 4.78 is 10.8. The predicted octanol–water partition coefficient (Wildman–Crippen LogP) is 1.76. The molecule has 0 bridgehead atoms. The smallest absolute Gasteiger partial charge is 0.123 e. The lowest BCUT2D eigenvalue weighted by atomic mass is 10.1. The molecule has 1 atom stereocenters. The molecule has 2 N–H and O–H groups in total. The van der Waals surface area contributed by atoms with Crippen molar-refractivity contribution in [1.82, 2.24) is 4.90 Å². The van der Waals surface area contributed by atoms with Gasteiger partial charge in [0.2, 0.25) is 0 Å². The van der Waals surface area contributed by atoms with Gasteiger partial charge in [-0.2, -0.15) is 0 Å². The van der Waals surface area contributed by atoms with E-state index in [0.29, 0.717) is 12.6 Å². The molecule has 1 aliphatic rings. The zero-order valence-electron chi connectivity index (χ0n) is 11.9. The Labute approximate surface area is 115 Å². The van der Waals surface area contributed by atoms with Crippen LogP contribution in [0, 0.1) is 0 Å². The van der Waals surface area contributed by atoms with E-state index in [9.17, 15) is 0 Å². The van der Waals surface area contributed by atoms with Gasteiger partial charge in [0.15, 0.2) is 0 Å². The van der Waals surface area contributed by atoms with Crippen LogP contribution in [0.5, 0.6) is 5.75 Å². The summed E-state index contributed by atoms with van der Waals surface area (Å²) in [5.41, 5.74) is 8.01. The number of hydrogen-bond acceptors (Lipinski definition) is 4. The molecule has 1 aliphatic heterocycles. The molecule has 4 heteroatoms. The highest BCUT2D eigenvalue weighted by Gasteiger charge is 2.19. The Morgan fingerprint density at radius 1 is 1.37 bits per heavy atom. The normalized spacial score (nSPS) is 20.5. The van der Waals surface area contributed by atoms with Crippen LogP contribution in [0.25, 0.3) is 0 Å². The number of piperidine rings is 1. The molecule has 0 saturated carbocycles. The highest BCUT2D eigenvalue weighted by atomic mass is 16.5. The molecule has 1 saturated heterocycles. The van der Waals surface area contributed by atoms with Gasteiger partial charge < -0.3 is 15.2 Å².